The van der Waals surface area contributed by atoms with Crippen LogP contribution in [-0.2, 0) is 11.2 Å². The van der Waals surface area contributed by atoms with Gasteiger partial charge in [0.05, 0.1) is 31.1 Å². The minimum Gasteiger partial charge on any atom is -0.368 e. The van der Waals surface area contributed by atoms with Gasteiger partial charge in [-0.2, -0.15) is 23.7 Å². The minimum atomic E-state index is -4.73. The molecule has 0 aliphatic heterocycles. The Morgan fingerprint density at radius 1 is 1.06 bits per heavy atom. The molecule has 0 heterocycles. The standard InChI is InChI=1S/C24H25F3N4O/c1-16(2)15-21(23(30)32)31(14-13-29)22(24(25,26)27)19-9-7-18(8-10-19)20-6-4-3-5-17(20)11-12-28/h3-10,16,21-22H,11,14-15H2,1-2H3,(H2,30,32)/t21-,22-/m0/s1. The third-order valence-electron chi connectivity index (χ3n) is 5.14. The van der Waals surface area contributed by atoms with Crippen LogP contribution in [0, 0.1) is 28.6 Å². The van der Waals surface area contributed by atoms with E-state index in [1.807, 2.05) is 0 Å². The van der Waals surface area contributed by atoms with Crippen LogP contribution in [0.1, 0.15) is 37.4 Å². The fourth-order valence-electron chi connectivity index (χ4n) is 3.78. The first-order valence-corrected chi connectivity index (χ1v) is 10.1. The van der Waals surface area contributed by atoms with E-state index < -0.39 is 30.7 Å². The van der Waals surface area contributed by atoms with Gasteiger partial charge < -0.3 is 5.73 Å². The van der Waals surface area contributed by atoms with E-state index >= 15 is 0 Å². The van der Waals surface area contributed by atoms with Crippen molar-refractivity contribution in [2.75, 3.05) is 6.54 Å². The number of alkyl halides is 3. The molecule has 2 atom stereocenters. The van der Waals surface area contributed by atoms with Crippen molar-refractivity contribution in [3.63, 3.8) is 0 Å². The smallest absolute Gasteiger partial charge is 0.368 e. The van der Waals surface area contributed by atoms with Crippen LogP contribution in [0.3, 0.4) is 0 Å². The van der Waals surface area contributed by atoms with Crippen molar-refractivity contribution >= 4 is 5.91 Å². The number of nitriles is 2. The van der Waals surface area contributed by atoms with E-state index in [0.29, 0.717) is 5.56 Å². The molecule has 0 bridgehead atoms. The predicted molar refractivity (Wildman–Crippen MR) is 115 cm³/mol. The van der Waals surface area contributed by atoms with Gasteiger partial charge in [0.1, 0.15) is 6.04 Å². The van der Waals surface area contributed by atoms with Gasteiger partial charge in [0, 0.05) is 0 Å². The molecule has 1 amide bonds. The minimum absolute atomic E-state index is 0.0933. The highest BCUT2D eigenvalue weighted by Gasteiger charge is 2.47. The van der Waals surface area contributed by atoms with E-state index in [9.17, 15) is 23.2 Å². The van der Waals surface area contributed by atoms with E-state index in [1.54, 1.807) is 56.3 Å². The summed E-state index contributed by atoms with van der Waals surface area (Å²) < 4.78 is 42.6. The second-order valence-electron chi connectivity index (χ2n) is 7.94. The van der Waals surface area contributed by atoms with Gasteiger partial charge >= 0.3 is 6.18 Å². The summed E-state index contributed by atoms with van der Waals surface area (Å²) in [7, 11) is 0. The number of carbonyl (C=O) groups is 1. The summed E-state index contributed by atoms with van der Waals surface area (Å²) in [6.07, 6.45) is -4.46. The first kappa shape index (κ1) is 24.9. The summed E-state index contributed by atoms with van der Waals surface area (Å²) in [6, 6.07) is 13.4. The van der Waals surface area contributed by atoms with E-state index in [1.165, 1.54) is 12.1 Å². The van der Waals surface area contributed by atoms with Crippen LogP contribution >= 0.6 is 0 Å². The van der Waals surface area contributed by atoms with Crippen molar-refractivity contribution < 1.29 is 18.0 Å². The number of nitrogens with zero attached hydrogens (tertiary/aromatic N) is 3. The maximum absolute atomic E-state index is 14.2. The molecule has 2 aromatic rings. The van der Waals surface area contributed by atoms with Gasteiger partial charge in [0.2, 0.25) is 5.91 Å². The molecule has 0 radical (unpaired) electrons. The largest absolute Gasteiger partial charge is 0.408 e. The summed E-state index contributed by atoms with van der Waals surface area (Å²) in [4.78, 5) is 12.9. The highest BCUT2D eigenvalue weighted by Crippen LogP contribution is 2.40. The summed E-state index contributed by atoms with van der Waals surface area (Å²) >= 11 is 0. The molecule has 0 aromatic heterocycles. The quantitative estimate of drug-likeness (QED) is 0.567. The van der Waals surface area contributed by atoms with Gasteiger partial charge in [0.25, 0.3) is 0 Å². The highest BCUT2D eigenvalue weighted by atomic mass is 19.4. The molecule has 2 rings (SSSR count). The second-order valence-corrected chi connectivity index (χ2v) is 7.94. The number of halogens is 3. The van der Waals surface area contributed by atoms with E-state index in [2.05, 4.69) is 6.07 Å². The van der Waals surface area contributed by atoms with Crippen molar-refractivity contribution in [2.45, 2.75) is 44.9 Å². The summed E-state index contributed by atoms with van der Waals surface area (Å²) in [5, 5.41) is 18.2. The Morgan fingerprint density at radius 2 is 1.69 bits per heavy atom. The van der Waals surface area contributed by atoms with Crippen molar-refractivity contribution in [3.05, 3.63) is 59.7 Å². The van der Waals surface area contributed by atoms with Gasteiger partial charge in [-0.25, -0.2) is 0 Å². The van der Waals surface area contributed by atoms with Gasteiger partial charge in [-0.1, -0.05) is 62.4 Å². The molecular formula is C24H25F3N4O. The van der Waals surface area contributed by atoms with Crippen LogP contribution in [0.2, 0.25) is 0 Å². The summed E-state index contributed by atoms with van der Waals surface area (Å²) in [6.45, 7) is 2.95. The monoisotopic (exact) mass is 442 g/mol. The molecule has 0 fully saturated rings. The zero-order chi connectivity index (χ0) is 23.9. The number of carbonyl (C=O) groups excluding carboxylic acids is 1. The zero-order valence-electron chi connectivity index (χ0n) is 17.9. The molecule has 0 unspecified atom stereocenters. The predicted octanol–water partition coefficient (Wildman–Crippen LogP) is 4.75. The molecule has 0 saturated heterocycles. The fraction of sp³-hybridized carbons (Fsp3) is 0.375. The maximum Gasteiger partial charge on any atom is 0.408 e. The van der Waals surface area contributed by atoms with E-state index in [-0.39, 0.29) is 24.3 Å². The van der Waals surface area contributed by atoms with Crippen LogP contribution in [0.15, 0.2) is 48.5 Å². The lowest BCUT2D eigenvalue weighted by atomic mass is 9.94. The first-order valence-electron chi connectivity index (χ1n) is 10.1. The van der Waals surface area contributed by atoms with Gasteiger partial charge in [0.15, 0.2) is 0 Å². The summed E-state index contributed by atoms with van der Waals surface area (Å²) in [5.41, 5.74) is 7.54. The Kier molecular flexibility index (Phi) is 8.40. The molecular weight excluding hydrogens is 417 g/mol. The Morgan fingerprint density at radius 3 is 2.19 bits per heavy atom. The Hall–Kier alpha value is -3.36. The normalized spacial score (nSPS) is 13.4. The Bertz CT molecular complexity index is 1000. The van der Waals surface area contributed by atoms with Gasteiger partial charge in [-0.05, 0) is 34.6 Å². The lowest BCUT2D eigenvalue weighted by Gasteiger charge is -2.37. The SMILES string of the molecule is CC(C)C[C@@H](C(N)=O)N(CC#N)[C@@H](c1ccc(-c2ccccc2CC#N)cc1)C(F)(F)F. The topological polar surface area (TPSA) is 93.9 Å². The number of hydrogen-bond donors (Lipinski definition) is 1. The van der Waals surface area contributed by atoms with E-state index in [0.717, 1.165) is 16.0 Å². The number of primary amides is 1. The summed E-state index contributed by atoms with van der Waals surface area (Å²) in [5.74, 6) is -0.994. The highest BCUT2D eigenvalue weighted by molar-refractivity contribution is 5.80. The van der Waals surface area contributed by atoms with Crippen LogP contribution in [0.25, 0.3) is 11.1 Å². The lowest BCUT2D eigenvalue weighted by molar-refractivity contribution is -0.192. The number of nitrogens with two attached hydrogens (primary N) is 1. The Balaban J connectivity index is 2.52. The molecule has 5 nitrogen and oxygen atoms in total. The molecule has 0 saturated carbocycles. The molecule has 32 heavy (non-hydrogen) atoms. The average molecular weight is 442 g/mol. The van der Waals surface area contributed by atoms with Crippen LogP contribution in [0.4, 0.5) is 13.2 Å². The molecule has 2 N–H and O–H groups in total. The van der Waals surface area contributed by atoms with Gasteiger partial charge in [-0.3, -0.25) is 9.69 Å². The van der Waals surface area contributed by atoms with E-state index in [4.69, 9.17) is 11.0 Å². The molecule has 8 heteroatoms. The van der Waals surface area contributed by atoms with Crippen molar-refractivity contribution in [1.29, 1.82) is 10.5 Å². The second kappa shape index (κ2) is 10.8. The molecule has 0 aliphatic carbocycles. The molecule has 0 spiro atoms. The first-order chi connectivity index (χ1) is 15.1. The van der Waals surface area contributed by atoms with Crippen LogP contribution < -0.4 is 5.73 Å². The Labute approximate surface area is 185 Å². The number of hydrogen-bond acceptors (Lipinski definition) is 4. The molecule has 2 aromatic carbocycles. The average Bonchev–Trinajstić information content (AvgIpc) is 2.72. The van der Waals surface area contributed by atoms with Crippen molar-refractivity contribution in [2.24, 2.45) is 11.7 Å². The van der Waals surface area contributed by atoms with Gasteiger partial charge in [-0.15, -0.1) is 0 Å². The van der Waals surface area contributed by atoms with Crippen molar-refractivity contribution in [3.8, 4) is 23.3 Å². The van der Waals surface area contributed by atoms with Crippen molar-refractivity contribution in [1.82, 2.24) is 4.90 Å². The third-order valence-corrected chi connectivity index (χ3v) is 5.14. The van der Waals surface area contributed by atoms with Crippen LogP contribution in [0.5, 0.6) is 0 Å². The zero-order valence-corrected chi connectivity index (χ0v) is 17.9. The lowest BCUT2D eigenvalue weighted by Crippen LogP contribution is -2.51. The molecule has 168 valence electrons. The fourth-order valence-corrected chi connectivity index (χ4v) is 3.78. The number of benzene rings is 2. The van der Waals surface area contributed by atoms with Crippen LogP contribution in [-0.4, -0.2) is 29.6 Å². The third kappa shape index (κ3) is 6.09. The number of amides is 1. The maximum atomic E-state index is 14.2. The molecule has 0 aliphatic rings. The number of rotatable bonds is 9.